The summed E-state index contributed by atoms with van der Waals surface area (Å²) < 4.78 is 10.8. The van der Waals surface area contributed by atoms with Gasteiger partial charge in [0.25, 0.3) is 0 Å². The molecule has 0 saturated heterocycles. The van der Waals surface area contributed by atoms with Crippen molar-refractivity contribution < 1.29 is 14.1 Å². The van der Waals surface area contributed by atoms with E-state index >= 15 is 0 Å². The van der Waals surface area contributed by atoms with Crippen LogP contribution in [0.1, 0.15) is 34.4 Å². The van der Waals surface area contributed by atoms with Gasteiger partial charge in [0.2, 0.25) is 0 Å². The van der Waals surface area contributed by atoms with Crippen molar-refractivity contribution in [2.45, 2.75) is 26.8 Å². The number of carbonyl (C=O) groups is 1. The number of aromatic nitrogens is 3. The largest absolute Gasteiger partial charge is 0.462 e. The maximum absolute atomic E-state index is 12.4. The number of fused-ring (bicyclic) bond motifs is 1. The number of ether oxygens (including phenoxy) is 1. The van der Waals surface area contributed by atoms with Crippen LogP contribution in [0, 0.1) is 6.92 Å². The van der Waals surface area contributed by atoms with E-state index in [4.69, 9.17) is 20.9 Å². The molecule has 1 aliphatic rings. The Balaban J connectivity index is 1.70. The summed E-state index contributed by atoms with van der Waals surface area (Å²) in [6, 6.07) is 7.44. The van der Waals surface area contributed by atoms with Gasteiger partial charge in [-0.15, -0.1) is 0 Å². The SMILES string of the molecule is CCOC(=O)c1cnc(C)nc1N1CCc2noc(-c3ccc(Cl)cc3)c2C1. The topological polar surface area (TPSA) is 81.4 Å². The molecule has 0 saturated carbocycles. The molecule has 2 aromatic heterocycles. The van der Waals surface area contributed by atoms with Gasteiger partial charge in [0.15, 0.2) is 5.76 Å². The number of benzene rings is 1. The van der Waals surface area contributed by atoms with Gasteiger partial charge < -0.3 is 14.2 Å². The molecule has 1 aliphatic heterocycles. The third-order valence-electron chi connectivity index (χ3n) is 4.63. The van der Waals surface area contributed by atoms with Gasteiger partial charge in [0.1, 0.15) is 17.2 Å². The summed E-state index contributed by atoms with van der Waals surface area (Å²) in [7, 11) is 0. The van der Waals surface area contributed by atoms with Crippen LogP contribution in [-0.2, 0) is 17.7 Å². The highest BCUT2D eigenvalue weighted by molar-refractivity contribution is 6.30. The summed E-state index contributed by atoms with van der Waals surface area (Å²) in [6.45, 7) is 5.06. The van der Waals surface area contributed by atoms with E-state index in [-0.39, 0.29) is 0 Å². The van der Waals surface area contributed by atoms with Crippen molar-refractivity contribution in [3.8, 4) is 11.3 Å². The highest BCUT2D eigenvalue weighted by atomic mass is 35.5. The van der Waals surface area contributed by atoms with Gasteiger partial charge in [-0.2, -0.15) is 0 Å². The Bertz CT molecular complexity index is 1020. The quantitative estimate of drug-likeness (QED) is 0.617. The Morgan fingerprint density at radius 2 is 2.11 bits per heavy atom. The second-order valence-electron chi connectivity index (χ2n) is 6.49. The van der Waals surface area contributed by atoms with Crippen molar-refractivity contribution in [1.82, 2.24) is 15.1 Å². The van der Waals surface area contributed by atoms with Crippen molar-refractivity contribution in [1.29, 1.82) is 0 Å². The molecule has 3 aromatic rings. The fourth-order valence-corrected chi connectivity index (χ4v) is 3.40. The van der Waals surface area contributed by atoms with Crippen LogP contribution in [-0.4, -0.2) is 34.2 Å². The van der Waals surface area contributed by atoms with E-state index in [1.165, 1.54) is 6.20 Å². The standard InChI is InChI=1S/C20H19ClN4O3/c1-3-27-20(26)15-10-22-12(2)23-19(15)25-9-8-17-16(11-25)18(28-24-17)13-4-6-14(21)7-5-13/h4-7,10H,3,8-9,11H2,1-2H3. The van der Waals surface area contributed by atoms with Crippen molar-refractivity contribution in [3.63, 3.8) is 0 Å². The van der Waals surface area contributed by atoms with Crippen LogP contribution in [0.25, 0.3) is 11.3 Å². The number of halogens is 1. The molecule has 8 heteroatoms. The molecule has 0 spiro atoms. The van der Waals surface area contributed by atoms with Gasteiger partial charge in [-0.05, 0) is 38.1 Å². The lowest BCUT2D eigenvalue weighted by atomic mass is 10.0. The van der Waals surface area contributed by atoms with E-state index in [2.05, 4.69) is 15.1 Å². The second-order valence-corrected chi connectivity index (χ2v) is 6.93. The zero-order valence-electron chi connectivity index (χ0n) is 15.6. The lowest BCUT2D eigenvalue weighted by Gasteiger charge is -2.28. The van der Waals surface area contributed by atoms with Gasteiger partial charge in [-0.25, -0.2) is 14.8 Å². The highest BCUT2D eigenvalue weighted by Crippen LogP contribution is 2.33. The smallest absolute Gasteiger partial charge is 0.343 e. The molecule has 0 N–H and O–H groups in total. The minimum atomic E-state index is -0.424. The molecule has 0 unspecified atom stereocenters. The fraction of sp³-hybridized carbons (Fsp3) is 0.300. The Kier molecular flexibility index (Phi) is 5.00. The molecule has 144 valence electrons. The molecule has 0 bridgehead atoms. The van der Waals surface area contributed by atoms with Crippen molar-refractivity contribution in [2.75, 3.05) is 18.1 Å². The first-order valence-electron chi connectivity index (χ1n) is 9.06. The maximum atomic E-state index is 12.4. The summed E-state index contributed by atoms with van der Waals surface area (Å²) >= 11 is 5.99. The number of hydrogen-bond acceptors (Lipinski definition) is 7. The summed E-state index contributed by atoms with van der Waals surface area (Å²) in [4.78, 5) is 23.1. The van der Waals surface area contributed by atoms with Crippen LogP contribution in [0.15, 0.2) is 35.0 Å². The van der Waals surface area contributed by atoms with E-state index in [0.717, 1.165) is 16.8 Å². The molecule has 0 amide bonds. The van der Waals surface area contributed by atoms with Crippen LogP contribution in [0.2, 0.25) is 5.02 Å². The van der Waals surface area contributed by atoms with Crippen LogP contribution in [0.4, 0.5) is 5.82 Å². The summed E-state index contributed by atoms with van der Waals surface area (Å²) in [5.74, 6) is 1.45. The molecule has 0 radical (unpaired) electrons. The first-order valence-corrected chi connectivity index (χ1v) is 9.43. The van der Waals surface area contributed by atoms with Gasteiger partial charge >= 0.3 is 5.97 Å². The molecule has 0 fully saturated rings. The predicted molar refractivity (Wildman–Crippen MR) is 104 cm³/mol. The minimum Gasteiger partial charge on any atom is -0.462 e. The Hall–Kier alpha value is -2.93. The van der Waals surface area contributed by atoms with Gasteiger partial charge in [-0.1, -0.05) is 16.8 Å². The molecule has 0 atom stereocenters. The van der Waals surface area contributed by atoms with Crippen molar-refractivity contribution in [3.05, 3.63) is 58.1 Å². The molecule has 4 rings (SSSR count). The Morgan fingerprint density at radius 1 is 1.32 bits per heavy atom. The zero-order chi connectivity index (χ0) is 19.7. The Morgan fingerprint density at radius 3 is 2.86 bits per heavy atom. The maximum Gasteiger partial charge on any atom is 0.343 e. The number of aryl methyl sites for hydroxylation is 1. The number of carbonyl (C=O) groups excluding carboxylic acids is 1. The van der Waals surface area contributed by atoms with E-state index < -0.39 is 5.97 Å². The predicted octanol–water partition coefficient (Wildman–Crippen LogP) is 3.83. The van der Waals surface area contributed by atoms with E-state index in [0.29, 0.717) is 54.1 Å². The van der Waals surface area contributed by atoms with Crippen LogP contribution < -0.4 is 4.90 Å². The van der Waals surface area contributed by atoms with Crippen molar-refractivity contribution in [2.24, 2.45) is 0 Å². The summed E-state index contributed by atoms with van der Waals surface area (Å²) in [6.07, 6.45) is 2.22. The third-order valence-corrected chi connectivity index (χ3v) is 4.88. The normalized spacial score (nSPS) is 13.3. The van der Waals surface area contributed by atoms with E-state index in [1.807, 2.05) is 29.2 Å². The number of rotatable bonds is 4. The molecular formula is C20H19ClN4O3. The number of anilines is 1. The van der Waals surface area contributed by atoms with Gasteiger partial charge in [0, 0.05) is 35.3 Å². The van der Waals surface area contributed by atoms with E-state index in [9.17, 15) is 4.79 Å². The Labute approximate surface area is 167 Å². The molecule has 7 nitrogen and oxygen atoms in total. The van der Waals surface area contributed by atoms with Gasteiger partial charge in [0.05, 0.1) is 18.8 Å². The lowest BCUT2D eigenvalue weighted by molar-refractivity contribution is 0.0526. The first kappa shape index (κ1) is 18.4. The third kappa shape index (κ3) is 3.45. The summed E-state index contributed by atoms with van der Waals surface area (Å²) in [5.41, 5.74) is 3.18. The van der Waals surface area contributed by atoms with Crippen LogP contribution in [0.5, 0.6) is 0 Å². The fourth-order valence-electron chi connectivity index (χ4n) is 3.27. The van der Waals surface area contributed by atoms with E-state index in [1.54, 1.807) is 13.8 Å². The molecule has 28 heavy (non-hydrogen) atoms. The second kappa shape index (κ2) is 7.59. The number of nitrogens with zero attached hydrogens (tertiary/aromatic N) is 4. The molecule has 1 aromatic carbocycles. The van der Waals surface area contributed by atoms with Gasteiger partial charge in [-0.3, -0.25) is 0 Å². The highest BCUT2D eigenvalue weighted by Gasteiger charge is 2.28. The zero-order valence-corrected chi connectivity index (χ0v) is 16.4. The molecule has 3 heterocycles. The summed E-state index contributed by atoms with van der Waals surface area (Å²) in [5, 5.41) is 4.89. The molecule has 0 aliphatic carbocycles. The average Bonchev–Trinajstić information content (AvgIpc) is 3.12. The van der Waals surface area contributed by atoms with Crippen LogP contribution >= 0.6 is 11.6 Å². The monoisotopic (exact) mass is 398 g/mol. The number of hydrogen-bond donors (Lipinski definition) is 0. The van der Waals surface area contributed by atoms with Crippen LogP contribution in [0.3, 0.4) is 0 Å². The lowest BCUT2D eigenvalue weighted by Crippen LogP contribution is -2.32. The number of esters is 1. The molecular weight excluding hydrogens is 380 g/mol. The van der Waals surface area contributed by atoms with Crippen molar-refractivity contribution >= 4 is 23.4 Å². The first-order chi connectivity index (χ1) is 13.6. The minimum absolute atomic E-state index is 0.294. The average molecular weight is 399 g/mol.